The van der Waals surface area contributed by atoms with Crippen molar-refractivity contribution in [1.82, 2.24) is 0 Å². The third-order valence-corrected chi connectivity index (χ3v) is 1.53. The summed E-state index contributed by atoms with van der Waals surface area (Å²) >= 11 is 0. The molecule has 86 valence electrons. The van der Waals surface area contributed by atoms with Crippen LogP contribution in [0, 0.1) is 0 Å². The van der Waals surface area contributed by atoms with Crippen molar-refractivity contribution >= 4 is 0 Å². The highest BCUT2D eigenvalue weighted by Crippen LogP contribution is 2.18. The van der Waals surface area contributed by atoms with Crippen molar-refractivity contribution in [2.75, 3.05) is 26.9 Å². The van der Waals surface area contributed by atoms with E-state index in [1.54, 1.807) is 20.8 Å². The summed E-state index contributed by atoms with van der Waals surface area (Å²) in [6.45, 7) is 6.32. The summed E-state index contributed by atoms with van der Waals surface area (Å²) in [6, 6.07) is 0. The minimum Gasteiger partial charge on any atom is -0.349 e. The maximum absolute atomic E-state index is 9.91. The van der Waals surface area contributed by atoms with Gasteiger partial charge in [0.15, 0.2) is 0 Å². The van der Waals surface area contributed by atoms with Crippen LogP contribution >= 0.6 is 0 Å². The van der Waals surface area contributed by atoms with Gasteiger partial charge in [-0.3, -0.25) is 0 Å². The zero-order valence-electron chi connectivity index (χ0n) is 9.28. The Morgan fingerprint density at radius 3 is 1.86 bits per heavy atom. The predicted molar refractivity (Wildman–Crippen MR) is 50.6 cm³/mol. The van der Waals surface area contributed by atoms with Gasteiger partial charge < -0.3 is 24.1 Å². The van der Waals surface area contributed by atoms with E-state index in [1.807, 2.05) is 0 Å². The van der Waals surface area contributed by atoms with Gasteiger partial charge in [-0.1, -0.05) is 0 Å². The molecule has 1 atom stereocenters. The van der Waals surface area contributed by atoms with Gasteiger partial charge in [0, 0.05) is 26.9 Å². The second kappa shape index (κ2) is 7.14. The highest BCUT2D eigenvalue weighted by atomic mass is 16.9. The molecule has 0 aromatic carbocycles. The van der Waals surface area contributed by atoms with Gasteiger partial charge in [0.25, 0.3) is 0 Å². The molecule has 1 N–H and O–H groups in total. The largest absolute Gasteiger partial charge is 0.349 e. The molecule has 0 aromatic rings. The number of hydrogen-bond donors (Lipinski definition) is 1. The number of hydrogen-bond acceptors (Lipinski definition) is 5. The molecule has 0 aliphatic heterocycles. The maximum atomic E-state index is 9.91. The third-order valence-electron chi connectivity index (χ3n) is 1.53. The zero-order valence-corrected chi connectivity index (χ0v) is 9.28. The number of ether oxygens (including phenoxy) is 4. The second-order valence-corrected chi connectivity index (χ2v) is 2.52. The molecule has 0 aliphatic rings. The van der Waals surface area contributed by atoms with Crippen LogP contribution in [-0.4, -0.2) is 44.3 Å². The molecule has 5 nitrogen and oxygen atoms in total. The first kappa shape index (κ1) is 13.8. The summed E-state index contributed by atoms with van der Waals surface area (Å²) in [4.78, 5) is 0. The Morgan fingerprint density at radius 1 is 1.07 bits per heavy atom. The molecule has 0 saturated heterocycles. The van der Waals surface area contributed by atoms with Gasteiger partial charge in [-0.25, -0.2) is 0 Å². The molecule has 0 spiro atoms. The average Bonchev–Trinajstić information content (AvgIpc) is 2.14. The molecule has 0 aromatic heterocycles. The Morgan fingerprint density at radius 2 is 1.57 bits per heavy atom. The molecule has 0 rings (SSSR count). The fourth-order valence-corrected chi connectivity index (χ4v) is 1.07. The van der Waals surface area contributed by atoms with E-state index in [-0.39, 0.29) is 0 Å². The van der Waals surface area contributed by atoms with Crippen molar-refractivity contribution in [2.45, 2.75) is 33.0 Å². The van der Waals surface area contributed by atoms with Gasteiger partial charge in [0.05, 0.1) is 0 Å². The van der Waals surface area contributed by atoms with E-state index < -0.39 is 12.3 Å². The predicted octanol–water partition coefficient (Wildman–Crippen LogP) is 0.714. The van der Waals surface area contributed by atoms with Crippen molar-refractivity contribution in [3.63, 3.8) is 0 Å². The van der Waals surface area contributed by atoms with Gasteiger partial charge in [-0.05, 0) is 20.8 Å². The van der Waals surface area contributed by atoms with Crippen LogP contribution in [-0.2, 0) is 18.9 Å². The van der Waals surface area contributed by atoms with Crippen molar-refractivity contribution in [2.24, 2.45) is 0 Å². The van der Waals surface area contributed by atoms with Crippen molar-refractivity contribution in [3.8, 4) is 0 Å². The lowest BCUT2D eigenvalue weighted by molar-refractivity contribution is -0.437. The first-order valence-electron chi connectivity index (χ1n) is 4.79. The van der Waals surface area contributed by atoms with Gasteiger partial charge in [0.2, 0.25) is 6.29 Å². The molecule has 5 heteroatoms. The van der Waals surface area contributed by atoms with E-state index in [4.69, 9.17) is 18.9 Å². The molecular weight excluding hydrogens is 188 g/mol. The van der Waals surface area contributed by atoms with Crippen LogP contribution in [0.25, 0.3) is 0 Å². The van der Waals surface area contributed by atoms with E-state index in [1.165, 1.54) is 7.11 Å². The lowest BCUT2D eigenvalue weighted by atomic mass is 10.5. The fraction of sp³-hybridized carbons (Fsp3) is 1.00. The second-order valence-electron chi connectivity index (χ2n) is 2.52. The zero-order chi connectivity index (χ0) is 11.0. The van der Waals surface area contributed by atoms with Crippen molar-refractivity contribution in [3.05, 3.63) is 0 Å². The summed E-state index contributed by atoms with van der Waals surface area (Å²) in [7, 11) is 1.42. The van der Waals surface area contributed by atoms with Crippen LogP contribution in [0.3, 0.4) is 0 Å². The molecule has 0 bridgehead atoms. The molecule has 0 saturated carbocycles. The molecule has 0 aliphatic carbocycles. The van der Waals surface area contributed by atoms with Gasteiger partial charge in [0.1, 0.15) is 0 Å². The van der Waals surface area contributed by atoms with Crippen LogP contribution in [0.15, 0.2) is 0 Å². The summed E-state index contributed by atoms with van der Waals surface area (Å²) in [5.74, 6) is -1.83. The minimum absolute atomic E-state index is 0.309. The van der Waals surface area contributed by atoms with Gasteiger partial charge in [-0.15, -0.1) is 0 Å². The van der Waals surface area contributed by atoms with E-state index in [0.29, 0.717) is 19.8 Å². The Kier molecular flexibility index (Phi) is 7.04. The highest BCUT2D eigenvalue weighted by molar-refractivity contribution is 4.59. The fourth-order valence-electron chi connectivity index (χ4n) is 1.07. The quantitative estimate of drug-likeness (QED) is 0.595. The van der Waals surface area contributed by atoms with Crippen molar-refractivity contribution < 1.29 is 24.1 Å². The molecular formula is C9H20O5. The van der Waals surface area contributed by atoms with Crippen LogP contribution in [0.2, 0.25) is 0 Å². The highest BCUT2D eigenvalue weighted by Gasteiger charge is 2.40. The summed E-state index contributed by atoms with van der Waals surface area (Å²) in [6.07, 6.45) is -0.938. The maximum Gasteiger partial charge on any atom is 0.334 e. The number of aliphatic hydroxyl groups is 1. The molecule has 0 radical (unpaired) electrons. The Labute approximate surface area is 84.9 Å². The van der Waals surface area contributed by atoms with Crippen LogP contribution < -0.4 is 0 Å². The Balaban J connectivity index is 4.39. The molecule has 0 heterocycles. The third kappa shape index (κ3) is 3.89. The van der Waals surface area contributed by atoms with Crippen molar-refractivity contribution in [1.29, 1.82) is 0 Å². The molecule has 14 heavy (non-hydrogen) atoms. The lowest BCUT2D eigenvalue weighted by Gasteiger charge is -2.32. The van der Waals surface area contributed by atoms with E-state index in [2.05, 4.69) is 0 Å². The molecule has 1 unspecified atom stereocenters. The summed E-state index contributed by atoms with van der Waals surface area (Å²) in [5, 5.41) is 9.91. The monoisotopic (exact) mass is 208 g/mol. The molecule has 0 fully saturated rings. The lowest BCUT2D eigenvalue weighted by Crippen LogP contribution is -2.50. The number of methoxy groups -OCH3 is 1. The van der Waals surface area contributed by atoms with Crippen LogP contribution in [0.1, 0.15) is 20.8 Å². The molecule has 0 amide bonds. The number of rotatable bonds is 8. The normalized spacial score (nSPS) is 14.4. The smallest absolute Gasteiger partial charge is 0.334 e. The topological polar surface area (TPSA) is 57.2 Å². The van der Waals surface area contributed by atoms with E-state index in [0.717, 1.165) is 0 Å². The summed E-state index contributed by atoms with van der Waals surface area (Å²) < 4.78 is 20.2. The SMILES string of the molecule is CCOC(OC)C(O)(OCC)OCC. The summed E-state index contributed by atoms with van der Waals surface area (Å²) in [5.41, 5.74) is 0. The Bertz CT molecular complexity index is 133. The average molecular weight is 208 g/mol. The Hall–Kier alpha value is -0.200. The first-order valence-corrected chi connectivity index (χ1v) is 4.79. The van der Waals surface area contributed by atoms with Crippen LogP contribution in [0.4, 0.5) is 0 Å². The van der Waals surface area contributed by atoms with Gasteiger partial charge in [-0.2, -0.15) is 0 Å². The van der Waals surface area contributed by atoms with Crippen LogP contribution in [0.5, 0.6) is 0 Å². The minimum atomic E-state index is -1.83. The van der Waals surface area contributed by atoms with Gasteiger partial charge >= 0.3 is 5.97 Å². The first-order chi connectivity index (χ1) is 6.64. The van der Waals surface area contributed by atoms with E-state index >= 15 is 0 Å². The standard InChI is InChI=1S/C9H20O5/c1-5-12-8(11-4)9(10,13-6-2)14-7-3/h8,10H,5-7H2,1-4H3. The van der Waals surface area contributed by atoms with E-state index in [9.17, 15) is 5.11 Å².